The lowest BCUT2D eigenvalue weighted by Crippen LogP contribution is -2.48. The van der Waals surface area contributed by atoms with E-state index in [1.165, 1.54) is 0 Å². The zero-order valence-corrected chi connectivity index (χ0v) is 12.3. The Morgan fingerprint density at radius 1 is 1.14 bits per heavy atom. The van der Waals surface area contributed by atoms with Gasteiger partial charge in [0.1, 0.15) is 0 Å². The highest BCUT2D eigenvalue weighted by molar-refractivity contribution is 5.78. The third-order valence-electron chi connectivity index (χ3n) is 2.97. The second-order valence-corrected chi connectivity index (χ2v) is 5.64. The third-order valence-corrected chi connectivity index (χ3v) is 2.97. The van der Waals surface area contributed by atoms with E-state index in [2.05, 4.69) is 10.6 Å². The average molecular weight is 302 g/mol. The van der Waals surface area contributed by atoms with Gasteiger partial charge in [0.2, 0.25) is 5.91 Å². The highest BCUT2D eigenvalue weighted by atomic mass is 19.4. The first kappa shape index (κ1) is 17.5. The number of benzene rings is 1. The van der Waals surface area contributed by atoms with E-state index in [0.717, 1.165) is 12.0 Å². The summed E-state index contributed by atoms with van der Waals surface area (Å²) in [7, 11) is 0. The fourth-order valence-electron chi connectivity index (χ4n) is 1.90. The van der Waals surface area contributed by atoms with Gasteiger partial charge >= 0.3 is 6.18 Å². The van der Waals surface area contributed by atoms with E-state index < -0.39 is 24.2 Å². The van der Waals surface area contributed by atoms with E-state index >= 15 is 0 Å². The molecule has 1 aromatic carbocycles. The largest absolute Gasteiger partial charge is 0.401 e. The molecule has 2 N–H and O–H groups in total. The molecule has 1 aromatic rings. The summed E-state index contributed by atoms with van der Waals surface area (Å²) in [6.07, 6.45) is -2.80. The summed E-state index contributed by atoms with van der Waals surface area (Å²) in [5.74, 6) is -0.433. The van der Waals surface area contributed by atoms with Crippen molar-refractivity contribution in [3.05, 3.63) is 35.9 Å². The molecule has 0 spiro atoms. The van der Waals surface area contributed by atoms with Gasteiger partial charge in [-0.2, -0.15) is 13.2 Å². The summed E-state index contributed by atoms with van der Waals surface area (Å²) in [6.45, 7) is 2.22. The number of rotatable bonds is 7. The van der Waals surface area contributed by atoms with Crippen LogP contribution in [0.4, 0.5) is 13.2 Å². The number of hydrogen-bond acceptors (Lipinski definition) is 2. The van der Waals surface area contributed by atoms with Crippen molar-refractivity contribution in [2.24, 2.45) is 0 Å². The standard InChI is InChI=1S/C15H21F3N2O/c1-14(2,9-8-12-6-4-3-5-7-12)20-13(21)10-19-11-15(16,17)18/h3-7,19H,8-11H2,1-2H3,(H,20,21). The molecule has 0 aliphatic heterocycles. The van der Waals surface area contributed by atoms with Crippen LogP contribution in [-0.2, 0) is 11.2 Å². The lowest BCUT2D eigenvalue weighted by molar-refractivity contribution is -0.129. The summed E-state index contributed by atoms with van der Waals surface area (Å²) in [4.78, 5) is 11.6. The summed E-state index contributed by atoms with van der Waals surface area (Å²) in [5.41, 5.74) is 0.697. The minimum Gasteiger partial charge on any atom is -0.350 e. The second kappa shape index (κ2) is 7.45. The van der Waals surface area contributed by atoms with Gasteiger partial charge in [0.05, 0.1) is 13.1 Å². The van der Waals surface area contributed by atoms with Crippen LogP contribution < -0.4 is 10.6 Å². The monoisotopic (exact) mass is 302 g/mol. The van der Waals surface area contributed by atoms with E-state index in [0.29, 0.717) is 6.42 Å². The second-order valence-electron chi connectivity index (χ2n) is 5.64. The molecule has 3 nitrogen and oxygen atoms in total. The molecule has 0 atom stereocenters. The van der Waals surface area contributed by atoms with Gasteiger partial charge in [0.25, 0.3) is 0 Å². The van der Waals surface area contributed by atoms with Crippen LogP contribution in [-0.4, -0.2) is 30.7 Å². The van der Waals surface area contributed by atoms with E-state index in [1.54, 1.807) is 0 Å². The predicted molar refractivity (Wildman–Crippen MR) is 75.9 cm³/mol. The van der Waals surface area contributed by atoms with Gasteiger partial charge in [0.15, 0.2) is 0 Å². The molecule has 0 aliphatic carbocycles. The van der Waals surface area contributed by atoms with Crippen molar-refractivity contribution in [1.82, 2.24) is 10.6 Å². The average Bonchev–Trinajstić information content (AvgIpc) is 2.35. The molecule has 6 heteroatoms. The molecule has 0 aliphatic rings. The summed E-state index contributed by atoms with van der Waals surface area (Å²) >= 11 is 0. The first-order chi connectivity index (χ1) is 9.68. The van der Waals surface area contributed by atoms with Crippen molar-refractivity contribution >= 4 is 5.91 Å². The Bertz CT molecular complexity index is 444. The van der Waals surface area contributed by atoms with Gasteiger partial charge in [-0.25, -0.2) is 0 Å². The van der Waals surface area contributed by atoms with Crippen molar-refractivity contribution in [3.63, 3.8) is 0 Å². The maximum atomic E-state index is 12.0. The lowest BCUT2D eigenvalue weighted by Gasteiger charge is -2.26. The molecule has 21 heavy (non-hydrogen) atoms. The van der Waals surface area contributed by atoms with Crippen molar-refractivity contribution in [2.45, 2.75) is 38.4 Å². The lowest BCUT2D eigenvalue weighted by atomic mass is 9.95. The minimum absolute atomic E-state index is 0.339. The van der Waals surface area contributed by atoms with E-state index in [-0.39, 0.29) is 6.54 Å². The third kappa shape index (κ3) is 8.34. The molecule has 0 bridgehead atoms. The van der Waals surface area contributed by atoms with Gasteiger partial charge in [0, 0.05) is 5.54 Å². The predicted octanol–water partition coefficient (Wildman–Crippen LogP) is 2.67. The Kier molecular flexibility index (Phi) is 6.20. The number of amides is 1. The highest BCUT2D eigenvalue weighted by Crippen LogP contribution is 2.14. The Hall–Kier alpha value is -1.56. The van der Waals surface area contributed by atoms with Gasteiger partial charge in [-0.05, 0) is 32.3 Å². The van der Waals surface area contributed by atoms with Crippen molar-refractivity contribution in [2.75, 3.05) is 13.1 Å². The van der Waals surface area contributed by atoms with Gasteiger partial charge < -0.3 is 10.6 Å². The normalized spacial score (nSPS) is 12.2. The van der Waals surface area contributed by atoms with E-state index in [1.807, 2.05) is 44.2 Å². The number of halogens is 3. The van der Waals surface area contributed by atoms with Gasteiger partial charge in [-0.1, -0.05) is 30.3 Å². The number of carbonyl (C=O) groups is 1. The van der Waals surface area contributed by atoms with Crippen molar-refractivity contribution < 1.29 is 18.0 Å². The first-order valence-corrected chi connectivity index (χ1v) is 6.80. The number of carbonyl (C=O) groups excluding carboxylic acids is 1. The maximum absolute atomic E-state index is 12.0. The van der Waals surface area contributed by atoms with Crippen LogP contribution in [0.3, 0.4) is 0 Å². The van der Waals surface area contributed by atoms with Gasteiger partial charge in [-0.15, -0.1) is 0 Å². The molecule has 0 unspecified atom stereocenters. The molecule has 0 radical (unpaired) electrons. The Morgan fingerprint density at radius 3 is 2.33 bits per heavy atom. The molecule has 118 valence electrons. The molecule has 0 saturated heterocycles. The Balaban J connectivity index is 2.32. The molecule has 1 amide bonds. The molecule has 0 saturated carbocycles. The fourth-order valence-corrected chi connectivity index (χ4v) is 1.90. The van der Waals surface area contributed by atoms with E-state index in [9.17, 15) is 18.0 Å². The van der Waals surface area contributed by atoms with Crippen LogP contribution >= 0.6 is 0 Å². The van der Waals surface area contributed by atoms with Crippen molar-refractivity contribution in [1.29, 1.82) is 0 Å². The maximum Gasteiger partial charge on any atom is 0.401 e. The van der Waals surface area contributed by atoms with Gasteiger partial charge in [-0.3, -0.25) is 4.79 Å². The van der Waals surface area contributed by atoms with Crippen LogP contribution in [0, 0.1) is 0 Å². The Morgan fingerprint density at radius 2 is 1.76 bits per heavy atom. The molecular weight excluding hydrogens is 281 g/mol. The smallest absolute Gasteiger partial charge is 0.350 e. The van der Waals surface area contributed by atoms with Crippen LogP contribution in [0.1, 0.15) is 25.8 Å². The Labute approximate surface area is 122 Å². The first-order valence-electron chi connectivity index (χ1n) is 6.80. The minimum atomic E-state index is -4.30. The number of alkyl halides is 3. The van der Waals surface area contributed by atoms with Crippen LogP contribution in [0.25, 0.3) is 0 Å². The van der Waals surface area contributed by atoms with Crippen LogP contribution in [0.2, 0.25) is 0 Å². The summed E-state index contributed by atoms with van der Waals surface area (Å²) < 4.78 is 35.9. The molecule has 0 aromatic heterocycles. The number of hydrogen-bond donors (Lipinski definition) is 2. The van der Waals surface area contributed by atoms with E-state index in [4.69, 9.17) is 0 Å². The molecular formula is C15H21F3N2O. The number of nitrogens with one attached hydrogen (secondary N) is 2. The quantitative estimate of drug-likeness (QED) is 0.813. The zero-order valence-electron chi connectivity index (χ0n) is 12.3. The molecule has 0 heterocycles. The van der Waals surface area contributed by atoms with Crippen LogP contribution in [0.15, 0.2) is 30.3 Å². The zero-order chi connectivity index (χ0) is 15.9. The van der Waals surface area contributed by atoms with Crippen LogP contribution in [0.5, 0.6) is 0 Å². The number of aryl methyl sites for hydroxylation is 1. The topological polar surface area (TPSA) is 41.1 Å². The molecule has 0 fully saturated rings. The van der Waals surface area contributed by atoms with Crippen molar-refractivity contribution in [3.8, 4) is 0 Å². The SMILES string of the molecule is CC(C)(CCc1ccccc1)NC(=O)CNCC(F)(F)F. The fraction of sp³-hybridized carbons (Fsp3) is 0.533. The summed E-state index contributed by atoms with van der Waals surface area (Å²) in [5, 5.41) is 4.83. The summed E-state index contributed by atoms with van der Waals surface area (Å²) in [6, 6.07) is 9.83. The molecule has 1 rings (SSSR count). The highest BCUT2D eigenvalue weighted by Gasteiger charge is 2.27.